The summed E-state index contributed by atoms with van der Waals surface area (Å²) in [7, 11) is 0. The summed E-state index contributed by atoms with van der Waals surface area (Å²) in [6, 6.07) is 3.66. The number of carbonyl (C=O) groups excluding carboxylic acids is 1. The highest BCUT2D eigenvalue weighted by Crippen LogP contribution is 2.33. The Morgan fingerprint density at radius 1 is 1.06 bits per heavy atom. The standard InChI is InChI=1S/C27H38N4O3S2/c1-3-4-5-6-7-8-9-10-11-12-16-30-26(34)22(36-27(30)35)18-21-24(28-15-17-32)29-23-14-13-20(2)19-31(23)25(21)33/h13-14,18-19,28,32H,3-12,15-17H2,1-2H3. The summed E-state index contributed by atoms with van der Waals surface area (Å²) in [6.45, 7) is 4.89. The largest absolute Gasteiger partial charge is 0.395 e. The molecular weight excluding hydrogens is 492 g/mol. The van der Waals surface area contributed by atoms with Crippen molar-refractivity contribution in [1.82, 2.24) is 14.3 Å². The normalized spacial score (nSPS) is 15.0. The zero-order valence-electron chi connectivity index (χ0n) is 21.4. The lowest BCUT2D eigenvalue weighted by Gasteiger charge is -2.14. The van der Waals surface area contributed by atoms with Crippen LogP contribution in [0, 0.1) is 6.92 Å². The van der Waals surface area contributed by atoms with Gasteiger partial charge in [-0.1, -0.05) is 94.8 Å². The molecule has 0 spiro atoms. The molecular formula is C27H38N4O3S2. The van der Waals surface area contributed by atoms with Gasteiger partial charge in [-0.25, -0.2) is 4.98 Å². The van der Waals surface area contributed by atoms with Gasteiger partial charge in [-0.3, -0.25) is 18.9 Å². The monoisotopic (exact) mass is 530 g/mol. The predicted octanol–water partition coefficient (Wildman–Crippen LogP) is 5.53. The van der Waals surface area contributed by atoms with E-state index < -0.39 is 0 Å². The highest BCUT2D eigenvalue weighted by molar-refractivity contribution is 8.26. The van der Waals surface area contributed by atoms with E-state index in [0.717, 1.165) is 18.4 Å². The molecule has 0 unspecified atom stereocenters. The van der Waals surface area contributed by atoms with E-state index in [0.29, 0.717) is 27.2 Å². The zero-order chi connectivity index (χ0) is 25.9. The summed E-state index contributed by atoms with van der Waals surface area (Å²) in [6.07, 6.45) is 15.6. The van der Waals surface area contributed by atoms with Crippen LogP contribution in [0.25, 0.3) is 11.7 Å². The minimum atomic E-state index is -0.274. The first-order valence-electron chi connectivity index (χ1n) is 13.1. The van der Waals surface area contributed by atoms with Crippen LogP contribution in [0.1, 0.15) is 82.3 Å². The van der Waals surface area contributed by atoms with E-state index in [1.54, 1.807) is 23.2 Å². The molecule has 0 bridgehead atoms. The molecule has 9 heteroatoms. The van der Waals surface area contributed by atoms with Crippen LogP contribution in [0.4, 0.5) is 5.82 Å². The molecule has 2 aromatic rings. The molecule has 196 valence electrons. The lowest BCUT2D eigenvalue weighted by Crippen LogP contribution is -2.29. The number of aryl methyl sites for hydroxylation is 1. The molecule has 1 saturated heterocycles. The molecule has 3 heterocycles. The number of anilines is 1. The molecule has 0 aromatic carbocycles. The molecule has 0 aliphatic carbocycles. The van der Waals surface area contributed by atoms with Crippen molar-refractivity contribution in [2.24, 2.45) is 0 Å². The number of fused-ring (bicyclic) bond motifs is 1. The number of amides is 1. The number of aliphatic hydroxyl groups excluding tert-OH is 1. The fraction of sp³-hybridized carbons (Fsp3) is 0.556. The Hall–Kier alpha value is -2.23. The maximum absolute atomic E-state index is 13.3. The molecule has 0 saturated carbocycles. The Balaban J connectivity index is 1.64. The first-order valence-corrected chi connectivity index (χ1v) is 14.3. The lowest BCUT2D eigenvalue weighted by molar-refractivity contribution is -0.122. The summed E-state index contributed by atoms with van der Waals surface area (Å²) in [5.41, 5.74) is 1.43. The van der Waals surface area contributed by atoms with Gasteiger partial charge in [-0.05, 0) is 31.1 Å². The van der Waals surface area contributed by atoms with Gasteiger partial charge in [-0.2, -0.15) is 0 Å². The van der Waals surface area contributed by atoms with Crippen LogP contribution in [-0.4, -0.2) is 49.3 Å². The van der Waals surface area contributed by atoms with Crippen LogP contribution < -0.4 is 10.9 Å². The maximum atomic E-state index is 13.3. The van der Waals surface area contributed by atoms with Crippen molar-refractivity contribution < 1.29 is 9.90 Å². The fourth-order valence-corrected chi connectivity index (χ4v) is 5.57. The van der Waals surface area contributed by atoms with Crippen LogP contribution in [-0.2, 0) is 4.79 Å². The van der Waals surface area contributed by atoms with E-state index in [1.807, 2.05) is 13.0 Å². The number of thiocarbonyl (C=S) groups is 1. The number of nitrogens with zero attached hydrogens (tertiary/aromatic N) is 3. The highest BCUT2D eigenvalue weighted by Gasteiger charge is 2.32. The van der Waals surface area contributed by atoms with Gasteiger partial charge in [-0.15, -0.1) is 0 Å². The quantitative estimate of drug-likeness (QED) is 0.178. The Bertz CT molecular complexity index is 1150. The van der Waals surface area contributed by atoms with E-state index in [4.69, 9.17) is 12.2 Å². The van der Waals surface area contributed by atoms with Gasteiger partial charge in [0, 0.05) is 19.3 Å². The number of thioether (sulfide) groups is 1. The van der Waals surface area contributed by atoms with Crippen molar-refractivity contribution in [3.05, 3.63) is 44.7 Å². The minimum Gasteiger partial charge on any atom is -0.395 e. The van der Waals surface area contributed by atoms with Crippen LogP contribution in [0.15, 0.2) is 28.0 Å². The van der Waals surface area contributed by atoms with Gasteiger partial charge < -0.3 is 10.4 Å². The summed E-state index contributed by atoms with van der Waals surface area (Å²) in [5, 5.41) is 12.3. The third kappa shape index (κ3) is 7.63. The van der Waals surface area contributed by atoms with Gasteiger partial charge in [0.2, 0.25) is 0 Å². The number of aliphatic hydroxyl groups is 1. The second kappa shape index (κ2) is 14.5. The van der Waals surface area contributed by atoms with Crippen molar-refractivity contribution in [1.29, 1.82) is 0 Å². The van der Waals surface area contributed by atoms with Crippen molar-refractivity contribution in [3.8, 4) is 0 Å². The summed E-state index contributed by atoms with van der Waals surface area (Å²) >= 11 is 6.71. The molecule has 1 amide bonds. The number of nitrogens with one attached hydrogen (secondary N) is 1. The third-order valence-electron chi connectivity index (χ3n) is 6.29. The predicted molar refractivity (Wildman–Crippen MR) is 153 cm³/mol. The van der Waals surface area contributed by atoms with Gasteiger partial charge in [0.1, 0.15) is 15.8 Å². The fourth-order valence-electron chi connectivity index (χ4n) is 4.28. The Kier molecular flexibility index (Phi) is 11.4. The zero-order valence-corrected chi connectivity index (χ0v) is 23.1. The topological polar surface area (TPSA) is 86.9 Å². The SMILES string of the molecule is CCCCCCCCCCCCN1C(=O)C(=Cc2c(NCCO)nc3ccc(C)cn3c2=O)SC1=S. The van der Waals surface area contributed by atoms with Crippen molar-refractivity contribution >= 4 is 51.7 Å². The van der Waals surface area contributed by atoms with Gasteiger partial charge in [0.15, 0.2) is 0 Å². The van der Waals surface area contributed by atoms with Crippen molar-refractivity contribution in [2.45, 2.75) is 78.1 Å². The van der Waals surface area contributed by atoms with Gasteiger partial charge in [0.25, 0.3) is 11.5 Å². The van der Waals surface area contributed by atoms with Gasteiger partial charge >= 0.3 is 0 Å². The average molecular weight is 531 g/mol. The summed E-state index contributed by atoms with van der Waals surface area (Å²) in [5.74, 6) is 0.181. The molecule has 3 rings (SSSR count). The maximum Gasteiger partial charge on any atom is 0.267 e. The van der Waals surface area contributed by atoms with E-state index in [1.165, 1.54) is 67.5 Å². The molecule has 2 N–H and O–H groups in total. The van der Waals surface area contributed by atoms with Crippen molar-refractivity contribution in [3.63, 3.8) is 0 Å². The molecule has 2 aromatic heterocycles. The third-order valence-corrected chi connectivity index (χ3v) is 7.67. The highest BCUT2D eigenvalue weighted by atomic mass is 32.2. The molecule has 1 fully saturated rings. The van der Waals surface area contributed by atoms with Crippen LogP contribution in [0.5, 0.6) is 0 Å². The summed E-state index contributed by atoms with van der Waals surface area (Å²) in [4.78, 5) is 33.1. The summed E-state index contributed by atoms with van der Waals surface area (Å²) < 4.78 is 2.01. The number of unbranched alkanes of at least 4 members (excludes halogenated alkanes) is 9. The Morgan fingerprint density at radius 2 is 1.72 bits per heavy atom. The number of hydrogen-bond donors (Lipinski definition) is 2. The van der Waals surface area contributed by atoms with Crippen LogP contribution >= 0.6 is 24.0 Å². The van der Waals surface area contributed by atoms with Crippen LogP contribution in [0.2, 0.25) is 0 Å². The number of rotatable bonds is 15. The van der Waals surface area contributed by atoms with E-state index in [-0.39, 0.29) is 30.2 Å². The van der Waals surface area contributed by atoms with Crippen molar-refractivity contribution in [2.75, 3.05) is 25.0 Å². The molecule has 36 heavy (non-hydrogen) atoms. The smallest absolute Gasteiger partial charge is 0.267 e. The molecule has 0 atom stereocenters. The Morgan fingerprint density at radius 3 is 2.39 bits per heavy atom. The Labute approximate surface area is 223 Å². The second-order valence-electron chi connectivity index (χ2n) is 9.28. The van der Waals surface area contributed by atoms with E-state index >= 15 is 0 Å². The van der Waals surface area contributed by atoms with Crippen LogP contribution in [0.3, 0.4) is 0 Å². The van der Waals surface area contributed by atoms with Gasteiger partial charge in [0.05, 0.1) is 17.1 Å². The van der Waals surface area contributed by atoms with E-state index in [2.05, 4.69) is 17.2 Å². The number of aromatic nitrogens is 2. The minimum absolute atomic E-state index is 0.102. The molecule has 1 aliphatic rings. The van der Waals surface area contributed by atoms with E-state index in [9.17, 15) is 14.7 Å². The second-order valence-corrected chi connectivity index (χ2v) is 11.0. The lowest BCUT2D eigenvalue weighted by atomic mass is 10.1. The first-order chi connectivity index (χ1) is 17.5. The first kappa shape index (κ1) is 28.3. The average Bonchev–Trinajstić information content (AvgIpc) is 3.13. The number of carbonyl (C=O) groups is 1. The number of hydrogen-bond acceptors (Lipinski definition) is 7. The molecule has 7 nitrogen and oxygen atoms in total. The number of pyridine rings is 1. The molecule has 0 radical (unpaired) electrons. The molecule has 1 aliphatic heterocycles.